The highest BCUT2D eigenvalue weighted by atomic mass is 16.4. The van der Waals surface area contributed by atoms with Gasteiger partial charge < -0.3 is 10.0 Å². The third-order valence-corrected chi connectivity index (χ3v) is 1.62. The van der Waals surface area contributed by atoms with Gasteiger partial charge in [-0.15, -0.1) is 0 Å². The molecule has 1 N–H and O–H groups in total. The Morgan fingerprint density at radius 2 is 1.67 bits per heavy atom. The number of carbonyl (C=O) groups excluding carboxylic acids is 2. The van der Waals surface area contributed by atoms with Gasteiger partial charge in [-0.05, 0) is 0 Å². The van der Waals surface area contributed by atoms with Gasteiger partial charge in [-0.25, -0.2) is 4.79 Å². The molecule has 0 unspecified atom stereocenters. The van der Waals surface area contributed by atoms with Gasteiger partial charge in [-0.1, -0.05) is 13.8 Å². The predicted octanol–water partition coefficient (Wildman–Crippen LogP) is 0.311. The maximum atomic E-state index is 11.5. The van der Waals surface area contributed by atoms with E-state index in [2.05, 4.69) is 0 Å². The van der Waals surface area contributed by atoms with Crippen LogP contribution in [0.3, 0.4) is 0 Å². The first-order chi connectivity index (χ1) is 6.77. The highest BCUT2D eigenvalue weighted by molar-refractivity contribution is 6.46. The van der Waals surface area contributed by atoms with E-state index in [9.17, 15) is 14.4 Å². The van der Waals surface area contributed by atoms with Crippen LogP contribution in [0.15, 0.2) is 11.8 Å². The Balaban J connectivity index is 5.17. The first-order valence-corrected chi connectivity index (χ1v) is 4.47. The zero-order valence-corrected chi connectivity index (χ0v) is 9.27. The Hall–Kier alpha value is -1.65. The minimum atomic E-state index is -1.61. The molecule has 0 atom stereocenters. The number of ketones is 2. The average Bonchev–Trinajstić information content (AvgIpc) is 2.11. The van der Waals surface area contributed by atoms with Crippen LogP contribution in [-0.4, -0.2) is 41.6 Å². The summed E-state index contributed by atoms with van der Waals surface area (Å²) in [5.74, 6) is -3.64. The monoisotopic (exact) mass is 213 g/mol. The summed E-state index contributed by atoms with van der Waals surface area (Å²) in [7, 11) is 3.23. The van der Waals surface area contributed by atoms with Crippen LogP contribution in [0.5, 0.6) is 0 Å². The molecule has 0 saturated carbocycles. The average molecular weight is 213 g/mol. The lowest BCUT2D eigenvalue weighted by molar-refractivity contribution is -0.148. The summed E-state index contributed by atoms with van der Waals surface area (Å²) < 4.78 is 0. The van der Waals surface area contributed by atoms with Crippen LogP contribution in [0.1, 0.15) is 13.8 Å². The zero-order valence-electron chi connectivity index (χ0n) is 9.27. The third kappa shape index (κ3) is 3.93. The van der Waals surface area contributed by atoms with Gasteiger partial charge in [0.1, 0.15) is 0 Å². The van der Waals surface area contributed by atoms with Gasteiger partial charge in [-0.3, -0.25) is 9.59 Å². The lowest BCUT2D eigenvalue weighted by Crippen LogP contribution is -2.25. The summed E-state index contributed by atoms with van der Waals surface area (Å²) >= 11 is 0. The largest absolute Gasteiger partial charge is 0.475 e. The molecular weight excluding hydrogens is 198 g/mol. The standard InChI is InChI=1S/C10H15NO4/c1-6(2)8(12)7(5-11(3)4)9(13)10(14)15/h5-6H,1-4H3,(H,14,15)/b7-5-. The van der Waals surface area contributed by atoms with Crippen LogP contribution < -0.4 is 0 Å². The summed E-state index contributed by atoms with van der Waals surface area (Å²) in [6.07, 6.45) is 1.23. The molecule has 0 heterocycles. The summed E-state index contributed by atoms with van der Waals surface area (Å²) in [5, 5.41) is 8.53. The van der Waals surface area contributed by atoms with Crippen molar-refractivity contribution in [3.63, 3.8) is 0 Å². The highest BCUT2D eigenvalue weighted by Gasteiger charge is 2.26. The number of rotatable bonds is 5. The van der Waals surface area contributed by atoms with E-state index in [0.29, 0.717) is 0 Å². The van der Waals surface area contributed by atoms with Crippen molar-refractivity contribution in [3.8, 4) is 0 Å². The van der Waals surface area contributed by atoms with Crippen molar-refractivity contribution in [2.24, 2.45) is 5.92 Å². The molecule has 5 nitrogen and oxygen atoms in total. The fourth-order valence-electron chi connectivity index (χ4n) is 0.919. The van der Waals surface area contributed by atoms with E-state index in [4.69, 9.17) is 5.11 Å². The van der Waals surface area contributed by atoms with Gasteiger partial charge in [0.25, 0.3) is 5.78 Å². The molecule has 15 heavy (non-hydrogen) atoms. The van der Waals surface area contributed by atoms with Crippen molar-refractivity contribution in [2.45, 2.75) is 13.8 Å². The zero-order chi connectivity index (χ0) is 12.2. The second kappa shape index (κ2) is 5.29. The molecule has 5 heteroatoms. The van der Waals surface area contributed by atoms with Crippen molar-refractivity contribution in [1.29, 1.82) is 0 Å². The van der Waals surface area contributed by atoms with E-state index in [1.165, 1.54) is 11.1 Å². The van der Waals surface area contributed by atoms with Crippen molar-refractivity contribution in [2.75, 3.05) is 14.1 Å². The third-order valence-electron chi connectivity index (χ3n) is 1.62. The predicted molar refractivity (Wildman–Crippen MR) is 54.3 cm³/mol. The van der Waals surface area contributed by atoms with Gasteiger partial charge in [0.2, 0.25) is 0 Å². The minimum Gasteiger partial charge on any atom is -0.475 e. The fraction of sp³-hybridized carbons (Fsp3) is 0.500. The molecule has 0 spiro atoms. The highest BCUT2D eigenvalue weighted by Crippen LogP contribution is 2.08. The molecule has 0 bridgehead atoms. The Morgan fingerprint density at radius 3 is 1.93 bits per heavy atom. The fourth-order valence-corrected chi connectivity index (χ4v) is 0.919. The minimum absolute atomic E-state index is 0.289. The summed E-state index contributed by atoms with van der Waals surface area (Å²) in [5.41, 5.74) is -0.289. The molecule has 0 aromatic rings. The molecule has 0 saturated heterocycles. The molecule has 0 aliphatic carbocycles. The maximum Gasteiger partial charge on any atom is 0.377 e. The second-order valence-electron chi connectivity index (χ2n) is 3.66. The van der Waals surface area contributed by atoms with Crippen molar-refractivity contribution in [1.82, 2.24) is 4.90 Å². The van der Waals surface area contributed by atoms with Crippen LogP contribution in [0.2, 0.25) is 0 Å². The van der Waals surface area contributed by atoms with Crippen LogP contribution in [0.25, 0.3) is 0 Å². The van der Waals surface area contributed by atoms with Crippen molar-refractivity contribution < 1.29 is 19.5 Å². The van der Waals surface area contributed by atoms with Crippen LogP contribution in [0.4, 0.5) is 0 Å². The number of carbonyl (C=O) groups is 3. The molecule has 84 valence electrons. The van der Waals surface area contributed by atoms with E-state index < -0.39 is 23.5 Å². The smallest absolute Gasteiger partial charge is 0.377 e. The van der Waals surface area contributed by atoms with Crippen LogP contribution in [0, 0.1) is 5.92 Å². The Bertz CT molecular complexity index is 315. The molecule has 0 radical (unpaired) electrons. The van der Waals surface area contributed by atoms with Crippen molar-refractivity contribution in [3.05, 3.63) is 11.8 Å². The topological polar surface area (TPSA) is 74.7 Å². The van der Waals surface area contributed by atoms with E-state index in [-0.39, 0.29) is 5.57 Å². The number of nitrogens with zero attached hydrogens (tertiary/aromatic N) is 1. The van der Waals surface area contributed by atoms with Crippen LogP contribution >= 0.6 is 0 Å². The molecule has 0 aromatic carbocycles. The quantitative estimate of drug-likeness (QED) is 0.308. The summed E-state index contributed by atoms with van der Waals surface area (Å²) in [6, 6.07) is 0. The number of carboxylic acids is 1. The first-order valence-electron chi connectivity index (χ1n) is 4.47. The molecule has 0 aliphatic rings. The van der Waals surface area contributed by atoms with Gasteiger partial charge in [0.05, 0.1) is 5.57 Å². The molecule has 0 rings (SSSR count). The first kappa shape index (κ1) is 13.4. The number of hydrogen-bond donors (Lipinski definition) is 1. The summed E-state index contributed by atoms with van der Waals surface area (Å²) in [6.45, 7) is 3.22. The Labute approximate surface area is 88.4 Å². The number of hydrogen-bond acceptors (Lipinski definition) is 4. The van der Waals surface area contributed by atoms with E-state index in [1.807, 2.05) is 0 Å². The lowest BCUT2D eigenvalue weighted by atomic mass is 9.98. The SMILES string of the molecule is CC(C)C(=O)/C(=C/N(C)C)C(=O)C(=O)O. The van der Waals surface area contributed by atoms with E-state index in [0.717, 1.165) is 0 Å². The van der Waals surface area contributed by atoms with Gasteiger partial charge in [0, 0.05) is 26.2 Å². The lowest BCUT2D eigenvalue weighted by Gasteiger charge is -2.10. The Kier molecular flexibility index (Phi) is 4.70. The summed E-state index contributed by atoms with van der Waals surface area (Å²) in [4.78, 5) is 34.7. The van der Waals surface area contributed by atoms with E-state index >= 15 is 0 Å². The molecule has 0 amide bonds. The van der Waals surface area contributed by atoms with E-state index in [1.54, 1.807) is 27.9 Å². The molecule has 0 fully saturated rings. The van der Waals surface area contributed by atoms with Crippen molar-refractivity contribution >= 4 is 17.5 Å². The molecule has 0 aromatic heterocycles. The number of carboxylic acid groups (broad SMARTS) is 1. The normalized spacial score (nSPS) is 11.4. The molecular formula is C10H15NO4. The Morgan fingerprint density at radius 1 is 1.20 bits per heavy atom. The van der Waals surface area contributed by atoms with Gasteiger partial charge in [-0.2, -0.15) is 0 Å². The van der Waals surface area contributed by atoms with Gasteiger partial charge in [0.15, 0.2) is 5.78 Å². The maximum absolute atomic E-state index is 11.5. The number of aliphatic carboxylic acids is 1. The van der Waals surface area contributed by atoms with Gasteiger partial charge >= 0.3 is 5.97 Å². The molecule has 0 aliphatic heterocycles. The van der Waals surface area contributed by atoms with Crippen LogP contribution in [-0.2, 0) is 14.4 Å². The second-order valence-corrected chi connectivity index (χ2v) is 3.66. The number of Topliss-reactive ketones (excluding diaryl/α,β-unsaturated/α-hetero) is 2.